The van der Waals surface area contributed by atoms with E-state index < -0.39 is 5.97 Å². The monoisotopic (exact) mass is 255 g/mol. The third kappa shape index (κ3) is 3.69. The zero-order chi connectivity index (χ0) is 13.1. The summed E-state index contributed by atoms with van der Waals surface area (Å²) in [4.78, 5) is 10.9. The lowest BCUT2D eigenvalue weighted by molar-refractivity contribution is -0.142. The molecule has 2 atom stereocenters. The van der Waals surface area contributed by atoms with Gasteiger partial charge in [0.15, 0.2) is 0 Å². The zero-order valence-corrected chi connectivity index (χ0v) is 11.4. The summed E-state index contributed by atoms with van der Waals surface area (Å²) in [7, 11) is 0. The largest absolute Gasteiger partial charge is 0.481 e. The number of hydrogen-bond donors (Lipinski definition) is 2. The second kappa shape index (κ2) is 6.02. The molecule has 0 aromatic rings. The maximum Gasteiger partial charge on any atom is 0.306 e. The number of ether oxygens (including phenoxy) is 1. The van der Waals surface area contributed by atoms with Crippen LogP contribution in [-0.2, 0) is 9.53 Å². The van der Waals surface area contributed by atoms with Crippen molar-refractivity contribution < 1.29 is 14.6 Å². The van der Waals surface area contributed by atoms with Crippen molar-refractivity contribution in [1.82, 2.24) is 5.32 Å². The molecule has 18 heavy (non-hydrogen) atoms. The van der Waals surface area contributed by atoms with E-state index in [-0.39, 0.29) is 5.92 Å². The van der Waals surface area contributed by atoms with Crippen LogP contribution in [0.4, 0.5) is 0 Å². The average Bonchev–Trinajstić information content (AvgIpc) is 2.28. The molecular weight excluding hydrogens is 230 g/mol. The summed E-state index contributed by atoms with van der Waals surface area (Å²) in [6, 6.07) is 1.04. The highest BCUT2D eigenvalue weighted by Crippen LogP contribution is 2.26. The molecule has 2 N–H and O–H groups in total. The minimum Gasteiger partial charge on any atom is -0.481 e. The molecule has 4 nitrogen and oxygen atoms in total. The van der Waals surface area contributed by atoms with Crippen LogP contribution in [0.25, 0.3) is 0 Å². The van der Waals surface area contributed by atoms with Crippen molar-refractivity contribution in [1.29, 1.82) is 0 Å². The Morgan fingerprint density at radius 1 is 1.06 bits per heavy atom. The Hall–Kier alpha value is -0.610. The molecule has 1 saturated carbocycles. The Balaban J connectivity index is 1.75. The number of carbonyl (C=O) groups is 1. The van der Waals surface area contributed by atoms with Gasteiger partial charge in [-0.15, -0.1) is 0 Å². The highest BCUT2D eigenvalue weighted by molar-refractivity contribution is 5.70. The van der Waals surface area contributed by atoms with Crippen LogP contribution in [0, 0.1) is 5.92 Å². The number of rotatable bonds is 3. The summed E-state index contributed by atoms with van der Waals surface area (Å²) < 4.78 is 5.74. The van der Waals surface area contributed by atoms with E-state index in [1.54, 1.807) is 0 Å². The van der Waals surface area contributed by atoms with Gasteiger partial charge in [-0.2, -0.15) is 0 Å². The van der Waals surface area contributed by atoms with Crippen LogP contribution in [0.1, 0.15) is 52.4 Å². The molecule has 0 bridgehead atoms. The number of carboxylic acids is 1. The fourth-order valence-corrected chi connectivity index (χ4v) is 3.38. The number of hydrogen-bond acceptors (Lipinski definition) is 3. The predicted octanol–water partition coefficient (Wildman–Crippen LogP) is 2.18. The summed E-state index contributed by atoms with van der Waals surface area (Å²) in [6.07, 6.45) is 6.45. The smallest absolute Gasteiger partial charge is 0.306 e. The van der Waals surface area contributed by atoms with Crippen LogP contribution in [0.2, 0.25) is 0 Å². The van der Waals surface area contributed by atoms with Crippen molar-refractivity contribution in [3.63, 3.8) is 0 Å². The molecule has 0 amide bonds. The zero-order valence-electron chi connectivity index (χ0n) is 11.4. The van der Waals surface area contributed by atoms with Gasteiger partial charge in [0, 0.05) is 12.1 Å². The third-order valence-corrected chi connectivity index (χ3v) is 4.25. The van der Waals surface area contributed by atoms with Gasteiger partial charge in [0.2, 0.25) is 0 Å². The fourth-order valence-electron chi connectivity index (χ4n) is 3.38. The summed E-state index contributed by atoms with van der Waals surface area (Å²) in [5.74, 6) is -0.739. The molecular formula is C14H25NO3. The number of carboxylic acid groups (broad SMARTS) is 1. The van der Waals surface area contributed by atoms with Crippen LogP contribution in [0.3, 0.4) is 0 Å². The maximum absolute atomic E-state index is 10.9. The summed E-state index contributed by atoms with van der Waals surface area (Å²) >= 11 is 0. The highest BCUT2D eigenvalue weighted by atomic mass is 16.5. The van der Waals surface area contributed by atoms with Crippen molar-refractivity contribution in [2.45, 2.75) is 76.7 Å². The first-order chi connectivity index (χ1) is 8.54. The van der Waals surface area contributed by atoms with E-state index in [1.165, 1.54) is 0 Å². The van der Waals surface area contributed by atoms with Gasteiger partial charge in [-0.25, -0.2) is 0 Å². The fraction of sp³-hybridized carbons (Fsp3) is 0.929. The molecule has 4 heteroatoms. The van der Waals surface area contributed by atoms with Crippen molar-refractivity contribution in [3.8, 4) is 0 Å². The topological polar surface area (TPSA) is 58.6 Å². The predicted molar refractivity (Wildman–Crippen MR) is 69.5 cm³/mol. The molecule has 0 aromatic carbocycles. The Bertz CT molecular complexity index is 277. The van der Waals surface area contributed by atoms with Gasteiger partial charge < -0.3 is 15.2 Å². The van der Waals surface area contributed by atoms with Crippen molar-refractivity contribution in [2.24, 2.45) is 5.92 Å². The second-order valence-electron chi connectivity index (χ2n) is 5.98. The lowest BCUT2D eigenvalue weighted by atomic mass is 9.85. The van der Waals surface area contributed by atoms with E-state index in [4.69, 9.17) is 9.84 Å². The third-order valence-electron chi connectivity index (χ3n) is 4.25. The van der Waals surface area contributed by atoms with Crippen LogP contribution < -0.4 is 5.32 Å². The molecule has 2 rings (SSSR count). The Labute approximate surface area is 109 Å². The van der Waals surface area contributed by atoms with E-state index in [1.807, 2.05) is 0 Å². The number of aliphatic carboxylic acids is 1. The molecule has 2 unspecified atom stereocenters. The second-order valence-corrected chi connectivity index (χ2v) is 5.98. The van der Waals surface area contributed by atoms with Gasteiger partial charge in [-0.3, -0.25) is 4.79 Å². The molecule has 0 spiro atoms. The first-order valence-corrected chi connectivity index (χ1v) is 7.19. The molecule has 1 aliphatic heterocycles. The SMILES string of the molecule is CC1CC(NC2CCC(C(=O)O)CC2)CC(C)O1. The Morgan fingerprint density at radius 3 is 2.11 bits per heavy atom. The molecule has 1 heterocycles. The van der Waals surface area contributed by atoms with Crippen LogP contribution in [0.15, 0.2) is 0 Å². The average molecular weight is 255 g/mol. The first kappa shape index (κ1) is 13.8. The van der Waals surface area contributed by atoms with Gasteiger partial charge >= 0.3 is 5.97 Å². The normalized spacial score (nSPS) is 41.6. The first-order valence-electron chi connectivity index (χ1n) is 7.19. The van der Waals surface area contributed by atoms with E-state index in [0.717, 1.165) is 38.5 Å². The van der Waals surface area contributed by atoms with Gasteiger partial charge in [-0.1, -0.05) is 0 Å². The van der Waals surface area contributed by atoms with Crippen LogP contribution in [0.5, 0.6) is 0 Å². The van der Waals surface area contributed by atoms with E-state index >= 15 is 0 Å². The molecule has 1 saturated heterocycles. The maximum atomic E-state index is 10.9. The lowest BCUT2D eigenvalue weighted by Gasteiger charge is -2.36. The van der Waals surface area contributed by atoms with Crippen LogP contribution >= 0.6 is 0 Å². The summed E-state index contributed by atoms with van der Waals surface area (Å²) in [5.41, 5.74) is 0. The van der Waals surface area contributed by atoms with Gasteiger partial charge in [0.25, 0.3) is 0 Å². The quantitative estimate of drug-likeness (QED) is 0.811. The van der Waals surface area contributed by atoms with Crippen molar-refractivity contribution >= 4 is 5.97 Å². The van der Waals surface area contributed by atoms with Crippen molar-refractivity contribution in [2.75, 3.05) is 0 Å². The highest BCUT2D eigenvalue weighted by Gasteiger charge is 2.30. The minimum absolute atomic E-state index is 0.115. The van der Waals surface area contributed by atoms with Gasteiger partial charge in [0.1, 0.15) is 0 Å². The molecule has 2 aliphatic rings. The van der Waals surface area contributed by atoms with E-state index in [9.17, 15) is 4.79 Å². The Kier molecular flexibility index (Phi) is 4.62. The summed E-state index contributed by atoms with van der Waals surface area (Å²) in [6.45, 7) is 4.26. The Morgan fingerprint density at radius 2 is 1.61 bits per heavy atom. The molecule has 1 aliphatic carbocycles. The van der Waals surface area contributed by atoms with E-state index in [2.05, 4.69) is 19.2 Å². The standard InChI is InChI=1S/C14H25NO3/c1-9-7-13(8-10(2)18-9)15-12-5-3-11(4-6-12)14(16)17/h9-13,15H,3-8H2,1-2H3,(H,16,17). The van der Waals surface area contributed by atoms with Gasteiger partial charge in [-0.05, 0) is 52.4 Å². The summed E-state index contributed by atoms with van der Waals surface area (Å²) in [5, 5.41) is 12.7. The molecule has 0 radical (unpaired) electrons. The minimum atomic E-state index is -0.623. The lowest BCUT2D eigenvalue weighted by Crippen LogP contribution is -2.47. The molecule has 104 valence electrons. The van der Waals surface area contributed by atoms with Crippen molar-refractivity contribution in [3.05, 3.63) is 0 Å². The molecule has 2 fully saturated rings. The molecule has 0 aromatic heterocycles. The number of nitrogens with one attached hydrogen (secondary N) is 1. The van der Waals surface area contributed by atoms with Crippen LogP contribution in [-0.4, -0.2) is 35.4 Å². The van der Waals surface area contributed by atoms with Gasteiger partial charge in [0.05, 0.1) is 18.1 Å². The van der Waals surface area contributed by atoms with E-state index in [0.29, 0.717) is 24.3 Å².